The summed E-state index contributed by atoms with van der Waals surface area (Å²) < 4.78 is 10.7. The third kappa shape index (κ3) is 2.34. The molecule has 0 spiro atoms. The maximum absolute atomic E-state index is 11.9. The summed E-state index contributed by atoms with van der Waals surface area (Å²) in [7, 11) is 0. The molecule has 0 aromatic heterocycles. The number of hydrogen-bond donors (Lipinski definition) is 0. The van der Waals surface area contributed by atoms with Crippen molar-refractivity contribution in [2.45, 2.75) is 38.2 Å². The fourth-order valence-corrected chi connectivity index (χ4v) is 2.30. The Labute approximate surface area is 84.8 Å². The van der Waals surface area contributed by atoms with E-state index < -0.39 is 0 Å². The van der Waals surface area contributed by atoms with Gasteiger partial charge in [-0.2, -0.15) is 0 Å². The topological polar surface area (TPSA) is 35.5 Å². The SMILES string of the molecule is O=C(C1CCCCC1)C1COCCO1. The van der Waals surface area contributed by atoms with Gasteiger partial charge in [0.1, 0.15) is 6.10 Å². The number of carbonyl (C=O) groups excluding carboxylic acids is 1. The van der Waals surface area contributed by atoms with Crippen LogP contribution in [0.4, 0.5) is 0 Å². The van der Waals surface area contributed by atoms with Crippen molar-refractivity contribution in [1.29, 1.82) is 0 Å². The Hall–Kier alpha value is -0.410. The van der Waals surface area contributed by atoms with Gasteiger partial charge < -0.3 is 9.47 Å². The van der Waals surface area contributed by atoms with Crippen molar-refractivity contribution in [3.63, 3.8) is 0 Å². The van der Waals surface area contributed by atoms with Crippen LogP contribution >= 0.6 is 0 Å². The molecule has 0 amide bonds. The normalized spacial score (nSPS) is 30.1. The summed E-state index contributed by atoms with van der Waals surface area (Å²) in [6, 6.07) is 0. The van der Waals surface area contributed by atoms with Crippen molar-refractivity contribution in [1.82, 2.24) is 0 Å². The van der Waals surface area contributed by atoms with E-state index in [1.807, 2.05) is 0 Å². The molecule has 1 unspecified atom stereocenters. The van der Waals surface area contributed by atoms with Crippen LogP contribution in [0.5, 0.6) is 0 Å². The number of ketones is 1. The fraction of sp³-hybridized carbons (Fsp3) is 0.909. The summed E-state index contributed by atoms with van der Waals surface area (Å²) in [5.41, 5.74) is 0. The van der Waals surface area contributed by atoms with Crippen LogP contribution in [0, 0.1) is 5.92 Å². The van der Waals surface area contributed by atoms with Gasteiger partial charge in [-0.25, -0.2) is 0 Å². The van der Waals surface area contributed by atoms with E-state index >= 15 is 0 Å². The number of carbonyl (C=O) groups is 1. The highest BCUT2D eigenvalue weighted by atomic mass is 16.6. The maximum Gasteiger partial charge on any atom is 0.166 e. The van der Waals surface area contributed by atoms with Crippen LogP contribution in [0.3, 0.4) is 0 Å². The van der Waals surface area contributed by atoms with Gasteiger partial charge in [0.2, 0.25) is 0 Å². The predicted octanol–water partition coefficient (Wildman–Crippen LogP) is 1.55. The highest BCUT2D eigenvalue weighted by molar-refractivity contribution is 5.85. The smallest absolute Gasteiger partial charge is 0.166 e. The summed E-state index contributed by atoms with van der Waals surface area (Å²) >= 11 is 0. The summed E-state index contributed by atoms with van der Waals surface area (Å²) in [6.45, 7) is 1.67. The molecule has 2 fully saturated rings. The minimum atomic E-state index is -0.271. The molecule has 1 atom stereocenters. The van der Waals surface area contributed by atoms with Crippen LogP contribution in [-0.2, 0) is 14.3 Å². The first kappa shape index (κ1) is 10.1. The Bertz CT molecular complexity index is 171. The lowest BCUT2D eigenvalue weighted by atomic mass is 9.84. The zero-order valence-corrected chi connectivity index (χ0v) is 8.54. The molecule has 0 bridgehead atoms. The van der Waals surface area contributed by atoms with E-state index in [2.05, 4.69) is 0 Å². The van der Waals surface area contributed by atoms with Crippen LogP contribution in [-0.4, -0.2) is 31.7 Å². The summed E-state index contributed by atoms with van der Waals surface area (Å²) in [4.78, 5) is 11.9. The minimum absolute atomic E-state index is 0.246. The van der Waals surface area contributed by atoms with Crippen LogP contribution in [0.25, 0.3) is 0 Å². The number of hydrogen-bond acceptors (Lipinski definition) is 3. The van der Waals surface area contributed by atoms with Crippen molar-refractivity contribution >= 4 is 5.78 Å². The minimum Gasteiger partial charge on any atom is -0.376 e. The van der Waals surface area contributed by atoms with Gasteiger partial charge >= 0.3 is 0 Å². The van der Waals surface area contributed by atoms with Gasteiger partial charge in [0.05, 0.1) is 19.8 Å². The molecule has 2 aliphatic rings. The van der Waals surface area contributed by atoms with Gasteiger partial charge in [-0.05, 0) is 12.8 Å². The standard InChI is InChI=1S/C11H18O3/c12-11(9-4-2-1-3-5-9)10-8-13-6-7-14-10/h9-10H,1-8H2. The zero-order valence-electron chi connectivity index (χ0n) is 8.54. The molecule has 14 heavy (non-hydrogen) atoms. The third-order valence-electron chi connectivity index (χ3n) is 3.14. The van der Waals surface area contributed by atoms with Gasteiger partial charge in [-0.1, -0.05) is 19.3 Å². The van der Waals surface area contributed by atoms with E-state index in [1.54, 1.807) is 0 Å². The van der Waals surface area contributed by atoms with Crippen LogP contribution in [0.1, 0.15) is 32.1 Å². The average Bonchev–Trinajstić information content (AvgIpc) is 2.30. The van der Waals surface area contributed by atoms with E-state index in [4.69, 9.17) is 9.47 Å². The molecular weight excluding hydrogens is 180 g/mol. The van der Waals surface area contributed by atoms with Crippen molar-refractivity contribution in [2.24, 2.45) is 5.92 Å². The van der Waals surface area contributed by atoms with Gasteiger partial charge in [-0.3, -0.25) is 4.79 Å². The molecule has 1 heterocycles. The molecule has 0 aromatic rings. The average molecular weight is 198 g/mol. The summed E-state index contributed by atoms with van der Waals surface area (Å²) in [5, 5.41) is 0. The lowest BCUT2D eigenvalue weighted by Crippen LogP contribution is -2.39. The maximum atomic E-state index is 11.9. The Balaban J connectivity index is 1.85. The Morgan fingerprint density at radius 2 is 1.86 bits per heavy atom. The highest BCUT2D eigenvalue weighted by Gasteiger charge is 2.30. The fourth-order valence-electron chi connectivity index (χ4n) is 2.30. The molecule has 1 aliphatic carbocycles. The van der Waals surface area contributed by atoms with E-state index in [-0.39, 0.29) is 17.8 Å². The van der Waals surface area contributed by atoms with E-state index in [1.165, 1.54) is 19.3 Å². The monoisotopic (exact) mass is 198 g/mol. The molecule has 1 aliphatic heterocycles. The van der Waals surface area contributed by atoms with Crippen molar-refractivity contribution in [2.75, 3.05) is 19.8 Å². The predicted molar refractivity (Wildman–Crippen MR) is 52.1 cm³/mol. The third-order valence-corrected chi connectivity index (χ3v) is 3.14. The molecular formula is C11H18O3. The number of ether oxygens (including phenoxy) is 2. The second-order valence-corrected chi connectivity index (χ2v) is 4.17. The van der Waals surface area contributed by atoms with Gasteiger partial charge in [0.25, 0.3) is 0 Å². The first-order valence-corrected chi connectivity index (χ1v) is 5.61. The van der Waals surface area contributed by atoms with Crippen molar-refractivity contribution in [3.8, 4) is 0 Å². The first-order valence-electron chi connectivity index (χ1n) is 5.61. The molecule has 0 radical (unpaired) electrons. The Kier molecular flexibility index (Phi) is 3.54. The number of rotatable bonds is 2. The molecule has 1 saturated carbocycles. The van der Waals surface area contributed by atoms with Crippen molar-refractivity contribution < 1.29 is 14.3 Å². The highest BCUT2D eigenvalue weighted by Crippen LogP contribution is 2.26. The van der Waals surface area contributed by atoms with Gasteiger partial charge in [0, 0.05) is 5.92 Å². The zero-order chi connectivity index (χ0) is 9.80. The largest absolute Gasteiger partial charge is 0.376 e. The molecule has 3 heteroatoms. The van der Waals surface area contributed by atoms with Crippen LogP contribution < -0.4 is 0 Å². The van der Waals surface area contributed by atoms with Gasteiger partial charge in [-0.15, -0.1) is 0 Å². The molecule has 2 rings (SSSR count). The molecule has 3 nitrogen and oxygen atoms in total. The molecule has 80 valence electrons. The Morgan fingerprint density at radius 3 is 2.50 bits per heavy atom. The number of Topliss-reactive ketones (excluding diaryl/α,β-unsaturated/α-hetero) is 1. The van der Waals surface area contributed by atoms with E-state index in [0.29, 0.717) is 19.8 Å². The molecule has 1 saturated heterocycles. The summed E-state index contributed by atoms with van der Waals surface area (Å²) in [6.07, 6.45) is 5.52. The molecule has 0 aromatic carbocycles. The van der Waals surface area contributed by atoms with E-state index in [9.17, 15) is 4.79 Å². The van der Waals surface area contributed by atoms with Crippen LogP contribution in [0.2, 0.25) is 0 Å². The van der Waals surface area contributed by atoms with E-state index in [0.717, 1.165) is 12.8 Å². The summed E-state index contributed by atoms with van der Waals surface area (Å²) in [5.74, 6) is 0.528. The van der Waals surface area contributed by atoms with Crippen molar-refractivity contribution in [3.05, 3.63) is 0 Å². The van der Waals surface area contributed by atoms with Crippen LogP contribution in [0.15, 0.2) is 0 Å². The molecule has 0 N–H and O–H groups in total. The lowest BCUT2D eigenvalue weighted by Gasteiger charge is -2.27. The lowest BCUT2D eigenvalue weighted by molar-refractivity contribution is -0.150. The second-order valence-electron chi connectivity index (χ2n) is 4.17. The second kappa shape index (κ2) is 4.89. The quantitative estimate of drug-likeness (QED) is 0.675. The van der Waals surface area contributed by atoms with Gasteiger partial charge in [0.15, 0.2) is 5.78 Å². The first-order chi connectivity index (χ1) is 6.88. The Morgan fingerprint density at radius 1 is 1.07 bits per heavy atom.